The molecular formula is C22H36O. The van der Waals surface area contributed by atoms with Gasteiger partial charge in [-0.2, -0.15) is 0 Å². The fourth-order valence-corrected chi connectivity index (χ4v) is 3.12. The standard InChI is InChI=1S/C22H36O/c1-4-5-6-7-8-9-10-11-12-13-14-15-22(23)21-18-19(2)16-17-20(21)3/h16-18H,4-15H2,1-3H3. The molecule has 0 N–H and O–H groups in total. The number of hydrogen-bond donors (Lipinski definition) is 0. The average Bonchev–Trinajstić information content (AvgIpc) is 2.54. The van der Waals surface area contributed by atoms with Crippen LogP contribution in [-0.2, 0) is 0 Å². The van der Waals surface area contributed by atoms with Crippen molar-refractivity contribution in [2.45, 2.75) is 97.8 Å². The van der Waals surface area contributed by atoms with E-state index in [2.05, 4.69) is 26.0 Å². The monoisotopic (exact) mass is 316 g/mol. The molecule has 0 aliphatic rings. The van der Waals surface area contributed by atoms with Crippen LogP contribution >= 0.6 is 0 Å². The van der Waals surface area contributed by atoms with Crippen LogP contribution in [0.5, 0.6) is 0 Å². The molecule has 0 saturated carbocycles. The highest BCUT2D eigenvalue weighted by Gasteiger charge is 2.08. The predicted octanol–water partition coefficient (Wildman–Crippen LogP) is 7.19. The summed E-state index contributed by atoms with van der Waals surface area (Å²) >= 11 is 0. The lowest BCUT2D eigenvalue weighted by molar-refractivity contribution is 0.0978. The molecule has 23 heavy (non-hydrogen) atoms. The fourth-order valence-electron chi connectivity index (χ4n) is 3.12. The lowest BCUT2D eigenvalue weighted by atomic mass is 9.98. The van der Waals surface area contributed by atoms with E-state index in [1.807, 2.05) is 13.0 Å². The Kier molecular flexibility index (Phi) is 10.7. The van der Waals surface area contributed by atoms with Crippen molar-refractivity contribution in [3.8, 4) is 0 Å². The summed E-state index contributed by atoms with van der Waals surface area (Å²) in [4.78, 5) is 12.3. The molecule has 0 saturated heterocycles. The highest BCUT2D eigenvalue weighted by molar-refractivity contribution is 5.97. The zero-order valence-corrected chi connectivity index (χ0v) is 15.6. The van der Waals surface area contributed by atoms with Gasteiger partial charge in [0.15, 0.2) is 5.78 Å². The summed E-state index contributed by atoms with van der Waals surface area (Å²) < 4.78 is 0. The molecule has 130 valence electrons. The number of ketones is 1. The van der Waals surface area contributed by atoms with Gasteiger partial charge in [0, 0.05) is 12.0 Å². The van der Waals surface area contributed by atoms with Gasteiger partial charge in [0.2, 0.25) is 0 Å². The van der Waals surface area contributed by atoms with E-state index in [1.54, 1.807) is 0 Å². The molecule has 1 aromatic rings. The molecule has 0 aliphatic heterocycles. The molecule has 0 radical (unpaired) electrons. The van der Waals surface area contributed by atoms with E-state index in [0.29, 0.717) is 12.2 Å². The molecule has 1 aromatic carbocycles. The summed E-state index contributed by atoms with van der Waals surface area (Å²) in [7, 11) is 0. The molecule has 1 heteroatoms. The SMILES string of the molecule is CCCCCCCCCCCCCC(=O)c1cc(C)ccc1C. The van der Waals surface area contributed by atoms with Crippen molar-refractivity contribution < 1.29 is 4.79 Å². The van der Waals surface area contributed by atoms with Crippen LogP contribution in [0.4, 0.5) is 0 Å². The van der Waals surface area contributed by atoms with Crippen molar-refractivity contribution in [3.63, 3.8) is 0 Å². The first-order valence-corrected chi connectivity index (χ1v) is 9.75. The molecule has 0 fully saturated rings. The van der Waals surface area contributed by atoms with Gasteiger partial charge in [0.25, 0.3) is 0 Å². The molecular weight excluding hydrogens is 280 g/mol. The second kappa shape index (κ2) is 12.3. The predicted molar refractivity (Wildman–Crippen MR) is 101 cm³/mol. The fraction of sp³-hybridized carbons (Fsp3) is 0.682. The van der Waals surface area contributed by atoms with Crippen molar-refractivity contribution in [1.29, 1.82) is 0 Å². The number of carbonyl (C=O) groups is 1. The molecule has 1 nitrogen and oxygen atoms in total. The Labute approximate surface area is 143 Å². The third-order valence-electron chi connectivity index (χ3n) is 4.70. The van der Waals surface area contributed by atoms with Crippen LogP contribution in [0.3, 0.4) is 0 Å². The Hall–Kier alpha value is -1.11. The first kappa shape index (κ1) is 19.9. The van der Waals surface area contributed by atoms with Crippen molar-refractivity contribution in [1.82, 2.24) is 0 Å². The molecule has 0 aliphatic carbocycles. The van der Waals surface area contributed by atoms with Crippen LogP contribution in [0.2, 0.25) is 0 Å². The lowest BCUT2D eigenvalue weighted by Crippen LogP contribution is -2.02. The zero-order chi connectivity index (χ0) is 16.9. The third-order valence-corrected chi connectivity index (χ3v) is 4.70. The summed E-state index contributed by atoms with van der Waals surface area (Å²) in [5, 5.41) is 0. The van der Waals surface area contributed by atoms with Gasteiger partial charge in [-0.25, -0.2) is 0 Å². The maximum atomic E-state index is 12.3. The second-order valence-corrected chi connectivity index (χ2v) is 7.03. The van der Waals surface area contributed by atoms with Gasteiger partial charge in [-0.05, 0) is 31.9 Å². The number of benzene rings is 1. The minimum absolute atomic E-state index is 0.321. The number of aryl methyl sites for hydroxylation is 2. The number of hydrogen-bond acceptors (Lipinski definition) is 1. The minimum atomic E-state index is 0.321. The van der Waals surface area contributed by atoms with Gasteiger partial charge in [-0.15, -0.1) is 0 Å². The number of unbranched alkanes of at least 4 members (excludes halogenated alkanes) is 10. The Bertz CT molecular complexity index is 447. The molecule has 0 spiro atoms. The van der Waals surface area contributed by atoms with Crippen molar-refractivity contribution in [3.05, 3.63) is 34.9 Å². The molecule has 1 rings (SSSR count). The smallest absolute Gasteiger partial charge is 0.163 e. The summed E-state index contributed by atoms with van der Waals surface area (Å²) in [6.45, 7) is 6.36. The minimum Gasteiger partial charge on any atom is -0.294 e. The van der Waals surface area contributed by atoms with Crippen molar-refractivity contribution in [2.75, 3.05) is 0 Å². The first-order valence-electron chi connectivity index (χ1n) is 9.75. The molecule has 0 amide bonds. The number of carbonyl (C=O) groups excluding carboxylic acids is 1. The van der Waals surface area contributed by atoms with Crippen molar-refractivity contribution in [2.24, 2.45) is 0 Å². The first-order chi connectivity index (χ1) is 11.1. The van der Waals surface area contributed by atoms with E-state index in [0.717, 1.165) is 17.5 Å². The topological polar surface area (TPSA) is 17.1 Å². The number of Topliss-reactive ketones (excluding diaryl/α,β-unsaturated/α-hetero) is 1. The molecule has 0 bridgehead atoms. The molecule has 0 aromatic heterocycles. The highest BCUT2D eigenvalue weighted by Crippen LogP contribution is 2.16. The maximum absolute atomic E-state index is 12.3. The number of rotatable bonds is 13. The second-order valence-electron chi connectivity index (χ2n) is 7.03. The van der Waals surface area contributed by atoms with Crippen molar-refractivity contribution >= 4 is 5.78 Å². The zero-order valence-electron chi connectivity index (χ0n) is 15.6. The van der Waals surface area contributed by atoms with Crippen LogP contribution < -0.4 is 0 Å². The summed E-state index contributed by atoms with van der Waals surface area (Å²) in [6, 6.07) is 6.17. The van der Waals surface area contributed by atoms with Gasteiger partial charge in [0.1, 0.15) is 0 Å². The van der Waals surface area contributed by atoms with Crippen LogP contribution in [0.1, 0.15) is 105 Å². The molecule has 0 unspecified atom stereocenters. The van der Waals surface area contributed by atoms with E-state index >= 15 is 0 Å². The quantitative estimate of drug-likeness (QED) is 0.278. The van der Waals surface area contributed by atoms with Gasteiger partial charge in [0.05, 0.1) is 0 Å². The Morgan fingerprint density at radius 3 is 1.87 bits per heavy atom. The normalized spacial score (nSPS) is 10.9. The van der Waals surface area contributed by atoms with E-state index in [9.17, 15) is 4.79 Å². The summed E-state index contributed by atoms with van der Waals surface area (Å²) in [6.07, 6.45) is 15.3. The van der Waals surface area contributed by atoms with Crippen LogP contribution in [0.15, 0.2) is 18.2 Å². The summed E-state index contributed by atoms with van der Waals surface area (Å²) in [5.74, 6) is 0.321. The average molecular weight is 317 g/mol. The van der Waals surface area contributed by atoms with E-state index in [1.165, 1.54) is 69.8 Å². The Morgan fingerprint density at radius 2 is 1.30 bits per heavy atom. The summed E-state index contributed by atoms with van der Waals surface area (Å²) in [5.41, 5.74) is 3.22. The highest BCUT2D eigenvalue weighted by atomic mass is 16.1. The Morgan fingerprint density at radius 1 is 0.783 bits per heavy atom. The van der Waals surface area contributed by atoms with E-state index in [4.69, 9.17) is 0 Å². The van der Waals surface area contributed by atoms with E-state index in [-0.39, 0.29) is 0 Å². The van der Waals surface area contributed by atoms with Gasteiger partial charge in [-0.3, -0.25) is 4.79 Å². The van der Waals surface area contributed by atoms with Crippen LogP contribution in [-0.4, -0.2) is 5.78 Å². The Balaban J connectivity index is 2.02. The molecule has 0 atom stereocenters. The van der Waals surface area contributed by atoms with Crippen LogP contribution in [0, 0.1) is 13.8 Å². The molecule has 0 heterocycles. The van der Waals surface area contributed by atoms with Gasteiger partial charge in [-0.1, -0.05) is 88.8 Å². The maximum Gasteiger partial charge on any atom is 0.163 e. The largest absolute Gasteiger partial charge is 0.294 e. The van der Waals surface area contributed by atoms with Crippen LogP contribution in [0.25, 0.3) is 0 Å². The van der Waals surface area contributed by atoms with Gasteiger partial charge >= 0.3 is 0 Å². The lowest BCUT2D eigenvalue weighted by Gasteiger charge is -2.06. The van der Waals surface area contributed by atoms with Gasteiger partial charge < -0.3 is 0 Å². The van der Waals surface area contributed by atoms with E-state index < -0.39 is 0 Å². The third kappa shape index (κ3) is 8.93.